The summed E-state index contributed by atoms with van der Waals surface area (Å²) in [6.07, 6.45) is 9.09. The van der Waals surface area contributed by atoms with E-state index < -0.39 is 0 Å². The Hall–Kier alpha value is -0.0800. The van der Waals surface area contributed by atoms with Crippen molar-refractivity contribution in [1.29, 1.82) is 0 Å². The highest BCUT2D eigenvalue weighted by Gasteiger charge is 2.43. The predicted molar refractivity (Wildman–Crippen MR) is 56.1 cm³/mol. The minimum Gasteiger partial charge on any atom is -0.391 e. The Morgan fingerprint density at radius 2 is 1.86 bits per heavy atom. The monoisotopic (exact) mass is 195 g/mol. The maximum absolute atomic E-state index is 10.0. The maximum Gasteiger partial charge on any atom is 0.0695 e. The van der Waals surface area contributed by atoms with Crippen LogP contribution in [0.15, 0.2) is 0 Å². The van der Waals surface area contributed by atoms with E-state index in [4.69, 9.17) is 0 Å². The molecule has 2 nitrogen and oxygen atoms in total. The third kappa shape index (κ3) is 1.40. The summed E-state index contributed by atoms with van der Waals surface area (Å²) >= 11 is 0. The van der Waals surface area contributed by atoms with Crippen molar-refractivity contribution >= 4 is 0 Å². The first-order chi connectivity index (χ1) is 6.84. The van der Waals surface area contributed by atoms with Gasteiger partial charge >= 0.3 is 0 Å². The Morgan fingerprint density at radius 3 is 2.50 bits per heavy atom. The van der Waals surface area contributed by atoms with Crippen molar-refractivity contribution in [3.05, 3.63) is 0 Å². The lowest BCUT2D eigenvalue weighted by atomic mass is 9.90. The van der Waals surface area contributed by atoms with Gasteiger partial charge in [0, 0.05) is 18.6 Å². The van der Waals surface area contributed by atoms with E-state index in [-0.39, 0.29) is 6.10 Å². The van der Waals surface area contributed by atoms with Crippen LogP contribution in [0, 0.1) is 5.92 Å². The van der Waals surface area contributed by atoms with Gasteiger partial charge in [-0.25, -0.2) is 0 Å². The lowest BCUT2D eigenvalue weighted by Gasteiger charge is -2.40. The molecule has 2 heteroatoms. The average Bonchev–Trinajstić information content (AvgIpc) is 2.79. The Labute approximate surface area is 86.3 Å². The van der Waals surface area contributed by atoms with Gasteiger partial charge in [0.05, 0.1) is 6.10 Å². The van der Waals surface area contributed by atoms with Crippen molar-refractivity contribution < 1.29 is 5.11 Å². The van der Waals surface area contributed by atoms with Crippen LogP contribution in [0.25, 0.3) is 0 Å². The zero-order valence-electron chi connectivity index (χ0n) is 8.86. The topological polar surface area (TPSA) is 23.5 Å². The van der Waals surface area contributed by atoms with Gasteiger partial charge in [0.1, 0.15) is 0 Å². The molecule has 0 spiro atoms. The second-order valence-corrected chi connectivity index (χ2v) is 5.45. The summed E-state index contributed by atoms with van der Waals surface area (Å²) in [6.45, 7) is 1.28. The number of rotatable bonds is 1. The molecule has 3 aliphatic rings. The summed E-state index contributed by atoms with van der Waals surface area (Å²) in [7, 11) is 0. The van der Waals surface area contributed by atoms with Crippen LogP contribution >= 0.6 is 0 Å². The molecule has 4 unspecified atom stereocenters. The molecule has 3 fully saturated rings. The molecule has 0 amide bonds. The van der Waals surface area contributed by atoms with Gasteiger partial charge in [0.15, 0.2) is 0 Å². The van der Waals surface area contributed by atoms with Crippen LogP contribution in [0.1, 0.15) is 44.9 Å². The molecule has 1 N–H and O–H groups in total. The van der Waals surface area contributed by atoms with Crippen LogP contribution in [0.3, 0.4) is 0 Å². The van der Waals surface area contributed by atoms with E-state index in [0.29, 0.717) is 6.04 Å². The lowest BCUT2D eigenvalue weighted by Crippen LogP contribution is -2.48. The Kier molecular flexibility index (Phi) is 2.29. The molecule has 14 heavy (non-hydrogen) atoms. The molecule has 0 aromatic heterocycles. The highest BCUT2D eigenvalue weighted by atomic mass is 16.3. The molecule has 1 aliphatic heterocycles. The molecule has 0 aromatic rings. The fourth-order valence-corrected chi connectivity index (χ4v) is 3.85. The largest absolute Gasteiger partial charge is 0.391 e. The summed E-state index contributed by atoms with van der Waals surface area (Å²) in [6, 6.07) is 1.34. The van der Waals surface area contributed by atoms with Gasteiger partial charge in [0.25, 0.3) is 0 Å². The van der Waals surface area contributed by atoms with Crippen LogP contribution < -0.4 is 0 Å². The summed E-state index contributed by atoms with van der Waals surface area (Å²) in [4.78, 5) is 2.64. The van der Waals surface area contributed by atoms with Crippen molar-refractivity contribution in [1.82, 2.24) is 4.90 Å². The summed E-state index contributed by atoms with van der Waals surface area (Å²) in [5.74, 6) is 0.967. The number of likely N-dealkylation sites (tertiary alicyclic amines) is 1. The third-order valence-corrected chi connectivity index (χ3v) is 4.57. The van der Waals surface area contributed by atoms with Crippen molar-refractivity contribution in [2.45, 2.75) is 63.1 Å². The Bertz CT molecular complexity index is 218. The summed E-state index contributed by atoms with van der Waals surface area (Å²) < 4.78 is 0. The smallest absolute Gasteiger partial charge is 0.0695 e. The highest BCUT2D eigenvalue weighted by Crippen LogP contribution is 2.40. The average molecular weight is 195 g/mol. The van der Waals surface area contributed by atoms with Crippen molar-refractivity contribution in [3.8, 4) is 0 Å². The molecule has 2 aliphatic carbocycles. The third-order valence-electron chi connectivity index (χ3n) is 4.57. The SMILES string of the molecule is OC1CCCCC1N1CC2CCC1C2. The van der Waals surface area contributed by atoms with E-state index in [1.54, 1.807) is 0 Å². The van der Waals surface area contributed by atoms with Gasteiger partial charge in [-0.15, -0.1) is 0 Å². The van der Waals surface area contributed by atoms with Gasteiger partial charge in [0.2, 0.25) is 0 Å². The molecule has 4 atom stereocenters. The summed E-state index contributed by atoms with van der Waals surface area (Å²) in [5, 5.41) is 10.0. The fourth-order valence-electron chi connectivity index (χ4n) is 3.85. The maximum atomic E-state index is 10.0. The Balaban J connectivity index is 1.69. The van der Waals surface area contributed by atoms with Crippen LogP contribution in [-0.2, 0) is 0 Å². The zero-order chi connectivity index (χ0) is 9.54. The minimum absolute atomic E-state index is 0.0249. The van der Waals surface area contributed by atoms with E-state index in [1.165, 1.54) is 45.1 Å². The molecule has 2 bridgehead atoms. The van der Waals surface area contributed by atoms with E-state index in [1.807, 2.05) is 0 Å². The van der Waals surface area contributed by atoms with Gasteiger partial charge in [-0.2, -0.15) is 0 Å². The summed E-state index contributed by atoms with van der Waals surface area (Å²) in [5.41, 5.74) is 0. The number of aliphatic hydroxyl groups excluding tert-OH is 1. The standard InChI is InChI=1S/C12H21NO/c14-12-4-2-1-3-11(12)13-8-9-5-6-10(13)7-9/h9-12,14H,1-8H2. The van der Waals surface area contributed by atoms with E-state index in [2.05, 4.69) is 4.90 Å². The van der Waals surface area contributed by atoms with Crippen molar-refractivity contribution in [3.63, 3.8) is 0 Å². The van der Waals surface area contributed by atoms with Crippen molar-refractivity contribution in [2.75, 3.05) is 6.54 Å². The molecular weight excluding hydrogens is 174 g/mol. The first-order valence-electron chi connectivity index (χ1n) is 6.28. The van der Waals surface area contributed by atoms with Gasteiger partial charge in [-0.3, -0.25) is 4.90 Å². The molecule has 3 rings (SSSR count). The van der Waals surface area contributed by atoms with Crippen LogP contribution in [0.2, 0.25) is 0 Å². The molecule has 80 valence electrons. The van der Waals surface area contributed by atoms with Crippen LogP contribution in [-0.4, -0.2) is 34.7 Å². The second kappa shape index (κ2) is 3.49. The van der Waals surface area contributed by atoms with E-state index in [0.717, 1.165) is 18.4 Å². The van der Waals surface area contributed by atoms with Gasteiger partial charge in [-0.05, 0) is 38.0 Å². The van der Waals surface area contributed by atoms with E-state index >= 15 is 0 Å². The number of piperidine rings is 1. The molecule has 0 aromatic carbocycles. The van der Waals surface area contributed by atoms with Crippen LogP contribution in [0.4, 0.5) is 0 Å². The number of fused-ring (bicyclic) bond motifs is 2. The highest BCUT2D eigenvalue weighted by molar-refractivity contribution is 4.97. The van der Waals surface area contributed by atoms with Gasteiger partial charge < -0.3 is 5.11 Å². The zero-order valence-corrected chi connectivity index (χ0v) is 8.86. The van der Waals surface area contributed by atoms with Crippen molar-refractivity contribution in [2.24, 2.45) is 5.92 Å². The van der Waals surface area contributed by atoms with Gasteiger partial charge in [-0.1, -0.05) is 12.8 Å². The molecule has 1 heterocycles. The molecule has 2 saturated carbocycles. The molecule has 1 saturated heterocycles. The van der Waals surface area contributed by atoms with Crippen LogP contribution in [0.5, 0.6) is 0 Å². The quantitative estimate of drug-likeness (QED) is 0.689. The number of hydrogen-bond acceptors (Lipinski definition) is 2. The molecule has 0 radical (unpaired) electrons. The minimum atomic E-state index is -0.0249. The number of hydrogen-bond donors (Lipinski definition) is 1. The molecular formula is C12H21NO. The first kappa shape index (κ1) is 9.17. The number of nitrogens with zero attached hydrogens (tertiary/aromatic N) is 1. The fraction of sp³-hybridized carbons (Fsp3) is 1.00. The normalized spacial score (nSPS) is 48.6. The van der Waals surface area contributed by atoms with E-state index in [9.17, 15) is 5.11 Å². The second-order valence-electron chi connectivity index (χ2n) is 5.45. The Morgan fingerprint density at radius 1 is 1.00 bits per heavy atom. The predicted octanol–water partition coefficient (Wildman–Crippen LogP) is 1.77. The first-order valence-corrected chi connectivity index (χ1v) is 6.28. The number of aliphatic hydroxyl groups is 1. The lowest BCUT2D eigenvalue weighted by molar-refractivity contribution is 0.00522.